The molecular weight excluding hydrogens is 302 g/mol. The zero-order valence-corrected chi connectivity index (χ0v) is 13.5. The summed E-state index contributed by atoms with van der Waals surface area (Å²) >= 11 is 3.51. The highest BCUT2D eigenvalue weighted by Crippen LogP contribution is 2.32. The van der Waals surface area contributed by atoms with E-state index >= 15 is 0 Å². The van der Waals surface area contributed by atoms with E-state index in [0.717, 1.165) is 16.0 Å². The van der Waals surface area contributed by atoms with Crippen molar-refractivity contribution in [3.05, 3.63) is 28.2 Å². The summed E-state index contributed by atoms with van der Waals surface area (Å²) in [6, 6.07) is 6.66. The predicted molar refractivity (Wildman–Crippen MR) is 84.0 cm³/mol. The van der Waals surface area contributed by atoms with Gasteiger partial charge in [-0.15, -0.1) is 0 Å². The molecule has 2 nitrogen and oxygen atoms in total. The van der Waals surface area contributed by atoms with Crippen molar-refractivity contribution in [1.82, 2.24) is 0 Å². The zero-order chi connectivity index (χ0) is 14.0. The van der Waals surface area contributed by atoms with E-state index in [-0.39, 0.29) is 5.78 Å². The highest BCUT2D eigenvalue weighted by atomic mass is 79.9. The third-order valence-electron chi connectivity index (χ3n) is 4.30. The number of rotatable bonds is 3. The van der Waals surface area contributed by atoms with Gasteiger partial charge in [0, 0.05) is 28.8 Å². The molecule has 2 rings (SSSR count). The fourth-order valence-electron chi connectivity index (χ4n) is 3.07. The first-order valence-corrected chi connectivity index (χ1v) is 7.83. The van der Waals surface area contributed by atoms with Crippen molar-refractivity contribution in [2.75, 3.05) is 11.9 Å². The Balaban J connectivity index is 2.21. The number of hydrogen-bond donors (Lipinski definition) is 0. The molecular formula is C16H22BrNO. The Labute approximate surface area is 124 Å². The molecule has 2 unspecified atom stereocenters. The van der Waals surface area contributed by atoms with Crippen LogP contribution in [-0.4, -0.2) is 18.9 Å². The van der Waals surface area contributed by atoms with Gasteiger partial charge in [-0.1, -0.05) is 19.8 Å². The van der Waals surface area contributed by atoms with Gasteiger partial charge in [-0.2, -0.15) is 0 Å². The molecule has 1 aliphatic carbocycles. The summed E-state index contributed by atoms with van der Waals surface area (Å²) in [5.74, 6) is 0.845. The Kier molecular flexibility index (Phi) is 4.67. The molecule has 0 saturated heterocycles. The summed E-state index contributed by atoms with van der Waals surface area (Å²) in [5.41, 5.74) is 1.95. The van der Waals surface area contributed by atoms with Crippen LogP contribution in [0.2, 0.25) is 0 Å². The lowest BCUT2D eigenvalue weighted by Crippen LogP contribution is -2.39. The maximum atomic E-state index is 11.5. The van der Waals surface area contributed by atoms with Gasteiger partial charge in [0.05, 0.1) is 0 Å². The number of halogens is 1. The van der Waals surface area contributed by atoms with Gasteiger partial charge < -0.3 is 4.90 Å². The molecule has 3 heteroatoms. The molecule has 0 N–H and O–H groups in total. The van der Waals surface area contributed by atoms with Crippen molar-refractivity contribution in [3.63, 3.8) is 0 Å². The number of carbonyl (C=O) groups excluding carboxylic acids is 1. The standard InChI is InChI=1S/C16H22BrNO/c1-11-6-4-5-7-16(11)18(3)13-8-9-14(12(2)19)15(17)10-13/h8-11,16H,4-7H2,1-3H3. The van der Waals surface area contributed by atoms with Crippen LogP contribution in [0.1, 0.15) is 49.9 Å². The summed E-state index contributed by atoms with van der Waals surface area (Å²) in [7, 11) is 2.17. The molecule has 1 saturated carbocycles. The summed E-state index contributed by atoms with van der Waals surface area (Å²) in [5, 5.41) is 0. The summed E-state index contributed by atoms with van der Waals surface area (Å²) in [6.45, 7) is 3.95. The lowest BCUT2D eigenvalue weighted by molar-refractivity contribution is 0.101. The fourth-order valence-corrected chi connectivity index (χ4v) is 3.72. The molecule has 1 fully saturated rings. The summed E-state index contributed by atoms with van der Waals surface area (Å²) in [6.07, 6.45) is 5.27. The minimum absolute atomic E-state index is 0.104. The van der Waals surface area contributed by atoms with Crippen LogP contribution in [0, 0.1) is 5.92 Å². The number of benzene rings is 1. The quantitative estimate of drug-likeness (QED) is 0.753. The van der Waals surface area contributed by atoms with Gasteiger partial charge in [0.15, 0.2) is 5.78 Å². The lowest BCUT2D eigenvalue weighted by atomic mass is 9.85. The number of nitrogens with zero attached hydrogens (tertiary/aromatic N) is 1. The highest BCUT2D eigenvalue weighted by Gasteiger charge is 2.25. The van der Waals surface area contributed by atoms with Crippen LogP contribution in [-0.2, 0) is 0 Å². The van der Waals surface area contributed by atoms with Crippen molar-refractivity contribution >= 4 is 27.4 Å². The Morgan fingerprint density at radius 2 is 2.00 bits per heavy atom. The van der Waals surface area contributed by atoms with Gasteiger partial charge in [0.1, 0.15) is 0 Å². The van der Waals surface area contributed by atoms with E-state index in [1.165, 1.54) is 31.4 Å². The van der Waals surface area contributed by atoms with Crippen LogP contribution in [0.5, 0.6) is 0 Å². The monoisotopic (exact) mass is 323 g/mol. The van der Waals surface area contributed by atoms with Crippen molar-refractivity contribution < 1.29 is 4.79 Å². The molecule has 0 spiro atoms. The smallest absolute Gasteiger partial charge is 0.160 e. The van der Waals surface area contributed by atoms with Crippen molar-refractivity contribution in [2.24, 2.45) is 5.92 Å². The lowest BCUT2D eigenvalue weighted by Gasteiger charge is -2.37. The number of Topliss-reactive ketones (excluding diaryl/α,β-unsaturated/α-hetero) is 1. The van der Waals surface area contributed by atoms with E-state index in [1.807, 2.05) is 6.07 Å². The van der Waals surface area contributed by atoms with Gasteiger partial charge in [0.2, 0.25) is 0 Å². The molecule has 0 aromatic heterocycles. The minimum Gasteiger partial charge on any atom is -0.371 e. The maximum absolute atomic E-state index is 11.5. The first-order chi connectivity index (χ1) is 9.00. The zero-order valence-electron chi connectivity index (χ0n) is 11.9. The Morgan fingerprint density at radius 1 is 1.32 bits per heavy atom. The van der Waals surface area contributed by atoms with Crippen molar-refractivity contribution in [3.8, 4) is 0 Å². The predicted octanol–water partition coefficient (Wildman–Crippen LogP) is 4.67. The molecule has 1 aromatic rings. The topological polar surface area (TPSA) is 20.3 Å². The fraction of sp³-hybridized carbons (Fsp3) is 0.562. The van der Waals surface area contributed by atoms with Gasteiger partial charge >= 0.3 is 0 Å². The van der Waals surface area contributed by atoms with Crippen LogP contribution in [0.15, 0.2) is 22.7 Å². The van der Waals surface area contributed by atoms with Crippen LogP contribution < -0.4 is 4.90 Å². The van der Waals surface area contributed by atoms with Gasteiger partial charge in [-0.25, -0.2) is 0 Å². The van der Waals surface area contributed by atoms with E-state index in [0.29, 0.717) is 6.04 Å². The number of ketones is 1. The average molecular weight is 324 g/mol. The van der Waals surface area contributed by atoms with E-state index in [2.05, 4.69) is 46.9 Å². The molecule has 0 amide bonds. The average Bonchev–Trinajstić information content (AvgIpc) is 2.38. The second-order valence-corrected chi connectivity index (χ2v) is 6.51. The molecule has 1 aliphatic rings. The molecule has 0 bridgehead atoms. The first-order valence-electron chi connectivity index (χ1n) is 7.04. The summed E-state index contributed by atoms with van der Waals surface area (Å²) < 4.78 is 0.896. The molecule has 0 radical (unpaired) electrons. The number of hydrogen-bond acceptors (Lipinski definition) is 2. The SMILES string of the molecule is CC(=O)c1ccc(N(C)C2CCCCC2C)cc1Br. The molecule has 104 valence electrons. The Hall–Kier alpha value is -0.830. The Bertz CT molecular complexity index is 472. The third kappa shape index (κ3) is 3.19. The number of carbonyl (C=O) groups is 1. The number of anilines is 1. The van der Waals surface area contributed by atoms with Gasteiger partial charge in [-0.3, -0.25) is 4.79 Å². The van der Waals surface area contributed by atoms with Gasteiger partial charge in [0.25, 0.3) is 0 Å². The molecule has 0 heterocycles. The van der Waals surface area contributed by atoms with Gasteiger partial charge in [-0.05, 0) is 59.8 Å². The highest BCUT2D eigenvalue weighted by molar-refractivity contribution is 9.10. The van der Waals surface area contributed by atoms with E-state index in [4.69, 9.17) is 0 Å². The Morgan fingerprint density at radius 3 is 2.58 bits per heavy atom. The molecule has 19 heavy (non-hydrogen) atoms. The van der Waals surface area contributed by atoms with E-state index in [1.54, 1.807) is 6.92 Å². The second-order valence-electron chi connectivity index (χ2n) is 5.66. The third-order valence-corrected chi connectivity index (χ3v) is 4.96. The van der Waals surface area contributed by atoms with Crippen LogP contribution >= 0.6 is 15.9 Å². The largest absolute Gasteiger partial charge is 0.371 e. The van der Waals surface area contributed by atoms with Crippen LogP contribution in [0.25, 0.3) is 0 Å². The molecule has 1 aromatic carbocycles. The molecule has 0 aliphatic heterocycles. The first kappa shape index (κ1) is 14.6. The normalized spacial score (nSPS) is 23.2. The van der Waals surface area contributed by atoms with E-state index in [9.17, 15) is 4.79 Å². The van der Waals surface area contributed by atoms with Crippen molar-refractivity contribution in [1.29, 1.82) is 0 Å². The minimum atomic E-state index is 0.104. The maximum Gasteiger partial charge on any atom is 0.160 e. The van der Waals surface area contributed by atoms with Crippen LogP contribution in [0.4, 0.5) is 5.69 Å². The van der Waals surface area contributed by atoms with E-state index < -0.39 is 0 Å². The second kappa shape index (κ2) is 6.08. The summed E-state index contributed by atoms with van der Waals surface area (Å²) in [4.78, 5) is 13.8. The van der Waals surface area contributed by atoms with Crippen LogP contribution in [0.3, 0.4) is 0 Å². The van der Waals surface area contributed by atoms with Crippen molar-refractivity contribution in [2.45, 2.75) is 45.6 Å². The molecule has 2 atom stereocenters.